The molecule has 0 saturated heterocycles. The normalized spacial score (nSPS) is 11.8. The zero-order chi connectivity index (χ0) is 12.1. The summed E-state index contributed by atoms with van der Waals surface area (Å²) in [5.41, 5.74) is 1.11. The molecule has 4 nitrogen and oxygen atoms in total. The quantitative estimate of drug-likeness (QED) is 0.826. The third-order valence-corrected chi connectivity index (χ3v) is 3.18. The Morgan fingerprint density at radius 1 is 1.56 bits per heavy atom. The van der Waals surface area contributed by atoms with E-state index in [0.717, 1.165) is 9.13 Å². The van der Waals surface area contributed by atoms with E-state index in [-0.39, 0.29) is 0 Å². The molecule has 0 saturated carbocycles. The van der Waals surface area contributed by atoms with Gasteiger partial charge >= 0.3 is 5.97 Å². The van der Waals surface area contributed by atoms with Gasteiger partial charge in [-0.25, -0.2) is 4.79 Å². The molecule has 84 valence electrons. The molecule has 0 aromatic heterocycles. The predicted molar refractivity (Wildman–Crippen MR) is 65.7 cm³/mol. The Balaban J connectivity index is 3.12. The summed E-state index contributed by atoms with van der Waals surface area (Å²) in [7, 11) is 0. The summed E-state index contributed by atoms with van der Waals surface area (Å²) in [4.78, 5) is 10.7. The molecule has 0 fully saturated rings. The van der Waals surface area contributed by atoms with Crippen molar-refractivity contribution in [1.29, 1.82) is 5.26 Å². The zero-order valence-electron chi connectivity index (χ0n) is 8.35. The van der Waals surface area contributed by atoms with Crippen molar-refractivity contribution in [3.05, 3.63) is 32.9 Å². The molecule has 1 atom stereocenters. The first-order valence-corrected chi connectivity index (χ1v) is 5.71. The lowest BCUT2D eigenvalue weighted by atomic mass is 9.99. The number of rotatable bonds is 4. The number of aliphatic hydroxyl groups excluding tert-OH is 1. The highest BCUT2D eigenvalue weighted by molar-refractivity contribution is 14.1. The number of carboxylic acid groups (broad SMARTS) is 1. The molecule has 1 unspecified atom stereocenters. The van der Waals surface area contributed by atoms with Gasteiger partial charge in [0.25, 0.3) is 0 Å². The van der Waals surface area contributed by atoms with E-state index in [0.29, 0.717) is 18.4 Å². The summed E-state index contributed by atoms with van der Waals surface area (Å²) in [5.74, 6) is -1.28. The van der Waals surface area contributed by atoms with E-state index in [9.17, 15) is 9.90 Å². The first kappa shape index (κ1) is 12.9. The predicted octanol–water partition coefficient (Wildman–Crippen LogP) is 1.87. The molecule has 0 aliphatic rings. The minimum Gasteiger partial charge on any atom is -0.479 e. The van der Waals surface area contributed by atoms with Crippen molar-refractivity contribution in [1.82, 2.24) is 0 Å². The van der Waals surface area contributed by atoms with Gasteiger partial charge in [-0.1, -0.05) is 12.1 Å². The number of hydrogen-bond donors (Lipinski definition) is 2. The van der Waals surface area contributed by atoms with E-state index in [1.807, 2.05) is 12.1 Å². The monoisotopic (exact) mass is 331 g/mol. The van der Waals surface area contributed by atoms with Crippen LogP contribution in [0.1, 0.15) is 23.7 Å². The molecule has 0 aliphatic heterocycles. The van der Waals surface area contributed by atoms with E-state index >= 15 is 0 Å². The van der Waals surface area contributed by atoms with Crippen LogP contribution in [0.4, 0.5) is 0 Å². The maximum Gasteiger partial charge on any atom is 0.337 e. The van der Waals surface area contributed by atoms with E-state index in [1.165, 1.54) is 0 Å². The summed E-state index contributed by atoms with van der Waals surface area (Å²) in [6.45, 7) is 0. The molecule has 0 spiro atoms. The van der Waals surface area contributed by atoms with Gasteiger partial charge in [0.2, 0.25) is 0 Å². The molecule has 1 rings (SSSR count). The largest absolute Gasteiger partial charge is 0.479 e. The number of nitrogens with zero attached hydrogens (tertiary/aromatic N) is 1. The van der Waals surface area contributed by atoms with Crippen molar-refractivity contribution in [2.75, 3.05) is 0 Å². The van der Waals surface area contributed by atoms with Crippen LogP contribution in [-0.4, -0.2) is 16.2 Å². The molecule has 0 aliphatic carbocycles. The van der Waals surface area contributed by atoms with Gasteiger partial charge in [0.15, 0.2) is 6.10 Å². The van der Waals surface area contributed by atoms with Gasteiger partial charge in [-0.15, -0.1) is 0 Å². The Morgan fingerprint density at radius 2 is 2.25 bits per heavy atom. The lowest BCUT2D eigenvalue weighted by molar-refractivity contribution is -0.147. The molecule has 0 bridgehead atoms. The maximum atomic E-state index is 10.7. The second kappa shape index (κ2) is 5.82. The van der Waals surface area contributed by atoms with Crippen LogP contribution in [0.15, 0.2) is 18.2 Å². The molecule has 0 heterocycles. The smallest absolute Gasteiger partial charge is 0.337 e. The fourth-order valence-corrected chi connectivity index (χ4v) is 2.20. The average Bonchev–Trinajstić information content (AvgIpc) is 2.26. The van der Waals surface area contributed by atoms with Crippen LogP contribution >= 0.6 is 22.6 Å². The van der Waals surface area contributed by atoms with Crippen molar-refractivity contribution in [2.24, 2.45) is 0 Å². The van der Waals surface area contributed by atoms with Crippen molar-refractivity contribution in [2.45, 2.75) is 18.9 Å². The highest BCUT2D eigenvalue weighted by Crippen LogP contribution is 2.24. The molecule has 0 amide bonds. The SMILES string of the molecule is N#CCCc1c(I)cccc1C(O)C(=O)O. The lowest BCUT2D eigenvalue weighted by Crippen LogP contribution is -2.13. The minimum atomic E-state index is -1.52. The van der Waals surface area contributed by atoms with Crippen LogP contribution in [0.25, 0.3) is 0 Å². The molecule has 1 aromatic carbocycles. The maximum absolute atomic E-state index is 10.7. The number of nitriles is 1. The lowest BCUT2D eigenvalue weighted by Gasteiger charge is -2.12. The molecule has 1 aromatic rings. The van der Waals surface area contributed by atoms with E-state index in [4.69, 9.17) is 10.4 Å². The van der Waals surface area contributed by atoms with Gasteiger partial charge in [-0.2, -0.15) is 5.26 Å². The molecular weight excluding hydrogens is 321 g/mol. The Hall–Kier alpha value is -1.13. The topological polar surface area (TPSA) is 81.3 Å². The van der Waals surface area contributed by atoms with Crippen molar-refractivity contribution in [3.8, 4) is 6.07 Å². The Bertz CT molecular complexity index is 439. The van der Waals surface area contributed by atoms with Gasteiger partial charge < -0.3 is 10.2 Å². The van der Waals surface area contributed by atoms with Gasteiger partial charge in [-0.3, -0.25) is 0 Å². The highest BCUT2D eigenvalue weighted by atomic mass is 127. The van der Waals surface area contributed by atoms with E-state index < -0.39 is 12.1 Å². The minimum absolute atomic E-state index is 0.305. The van der Waals surface area contributed by atoms with Crippen LogP contribution in [0.5, 0.6) is 0 Å². The van der Waals surface area contributed by atoms with Gasteiger partial charge in [-0.05, 0) is 46.2 Å². The van der Waals surface area contributed by atoms with Crippen LogP contribution in [-0.2, 0) is 11.2 Å². The highest BCUT2D eigenvalue weighted by Gasteiger charge is 2.20. The summed E-state index contributed by atoms with van der Waals surface area (Å²) < 4.78 is 0.866. The third kappa shape index (κ3) is 2.93. The fourth-order valence-electron chi connectivity index (χ4n) is 1.41. The third-order valence-electron chi connectivity index (χ3n) is 2.17. The first-order valence-electron chi connectivity index (χ1n) is 4.63. The standard InChI is InChI=1S/C11H10INO3/c12-9-5-1-3-8(10(14)11(15)16)7(9)4-2-6-13/h1,3,5,10,14H,2,4H2,(H,15,16). The van der Waals surface area contributed by atoms with Crippen molar-refractivity contribution < 1.29 is 15.0 Å². The number of aliphatic hydroxyl groups is 1. The number of hydrogen-bond acceptors (Lipinski definition) is 3. The Kier molecular flexibility index (Phi) is 4.71. The first-order chi connectivity index (χ1) is 7.57. The summed E-state index contributed by atoms with van der Waals surface area (Å²) in [5, 5.41) is 26.8. The van der Waals surface area contributed by atoms with Crippen molar-refractivity contribution in [3.63, 3.8) is 0 Å². The number of benzene rings is 1. The average molecular weight is 331 g/mol. The fraction of sp³-hybridized carbons (Fsp3) is 0.273. The second-order valence-corrected chi connectivity index (χ2v) is 4.37. The molecule has 0 radical (unpaired) electrons. The van der Waals surface area contributed by atoms with Crippen LogP contribution in [0, 0.1) is 14.9 Å². The summed E-state index contributed by atoms with van der Waals surface area (Å²) >= 11 is 2.07. The molecule has 2 N–H and O–H groups in total. The Morgan fingerprint density at radius 3 is 2.81 bits per heavy atom. The van der Waals surface area contributed by atoms with Crippen LogP contribution < -0.4 is 0 Å². The number of carbonyl (C=O) groups is 1. The zero-order valence-corrected chi connectivity index (χ0v) is 10.5. The summed E-state index contributed by atoms with van der Waals surface area (Å²) in [6, 6.07) is 7.10. The van der Waals surface area contributed by atoms with Crippen LogP contribution in [0.2, 0.25) is 0 Å². The molecule has 5 heteroatoms. The second-order valence-electron chi connectivity index (χ2n) is 3.21. The summed E-state index contributed by atoms with van der Waals surface area (Å²) in [6.07, 6.45) is -0.766. The Labute approximate surface area is 107 Å². The van der Waals surface area contributed by atoms with Gasteiger partial charge in [0.1, 0.15) is 0 Å². The van der Waals surface area contributed by atoms with Gasteiger partial charge in [0.05, 0.1) is 6.07 Å². The van der Waals surface area contributed by atoms with E-state index in [1.54, 1.807) is 12.1 Å². The number of aliphatic carboxylic acids is 1. The van der Waals surface area contributed by atoms with E-state index in [2.05, 4.69) is 22.6 Å². The van der Waals surface area contributed by atoms with Crippen molar-refractivity contribution >= 4 is 28.6 Å². The number of halogens is 1. The van der Waals surface area contributed by atoms with Gasteiger partial charge in [0, 0.05) is 9.99 Å². The van der Waals surface area contributed by atoms with Crippen LogP contribution in [0.3, 0.4) is 0 Å². The number of carboxylic acids is 1. The molecule has 16 heavy (non-hydrogen) atoms. The molecular formula is C11H10INO3.